The predicted octanol–water partition coefficient (Wildman–Crippen LogP) is 7.71. The van der Waals surface area contributed by atoms with Gasteiger partial charge >= 0.3 is 0 Å². The van der Waals surface area contributed by atoms with Crippen LogP contribution in [0.5, 0.6) is 0 Å². The molecule has 4 rings (SSSR count). The Bertz CT molecular complexity index is 706. The second-order valence-corrected chi connectivity index (χ2v) is 8.34. The van der Waals surface area contributed by atoms with Crippen LogP contribution in [0.4, 0.5) is 0 Å². The van der Waals surface area contributed by atoms with E-state index in [4.69, 9.17) is 0 Å². The van der Waals surface area contributed by atoms with E-state index in [1.807, 2.05) is 0 Å². The molecular weight excluding hydrogens is 328 g/mol. The van der Waals surface area contributed by atoms with Crippen molar-refractivity contribution in [3.05, 3.63) is 65.3 Å². The monoisotopic (exact) mass is 366 g/mol. The minimum absolute atomic E-state index is 0. The van der Waals surface area contributed by atoms with Crippen LogP contribution in [-0.4, -0.2) is 5.78 Å². The second-order valence-electron chi connectivity index (χ2n) is 8.34. The third kappa shape index (κ3) is 6.97. The molecule has 0 aromatic heterocycles. The van der Waals surface area contributed by atoms with Crippen molar-refractivity contribution in [2.24, 2.45) is 11.8 Å². The minimum atomic E-state index is 0. The van der Waals surface area contributed by atoms with Crippen molar-refractivity contribution in [2.45, 2.75) is 72.6 Å². The largest absolute Gasteiger partial charge is 0.300 e. The summed E-state index contributed by atoms with van der Waals surface area (Å²) in [5.74, 6) is 1.70. The molecule has 2 saturated carbocycles. The number of rotatable bonds is 2. The van der Waals surface area contributed by atoms with Crippen molar-refractivity contribution in [3.8, 4) is 0 Å². The van der Waals surface area contributed by atoms with Gasteiger partial charge in [0.15, 0.2) is 0 Å². The molecule has 0 heterocycles. The standard InChI is InChI=1S/C17H18.C6H12.C3H6O.H2/c1-11-5-4-6-14(9-11)13(3)17-12(2)7-8-15-10-16(15)17;1-2-4-6-5-3-1;1-3(2)4;/h4-9,15-16H,3,10H2,1-2H3;1-6H2;1-2H3;1H. The van der Waals surface area contributed by atoms with Gasteiger partial charge in [-0.15, -0.1) is 0 Å². The smallest absolute Gasteiger partial charge is 0.126 e. The number of Topliss-reactive ketones (excluding diaryl/α,β-unsaturated/α-hetero) is 1. The number of hydrogen-bond acceptors (Lipinski definition) is 1. The van der Waals surface area contributed by atoms with E-state index in [-0.39, 0.29) is 7.21 Å². The van der Waals surface area contributed by atoms with Crippen molar-refractivity contribution in [2.75, 3.05) is 0 Å². The maximum absolute atomic E-state index is 9.44. The van der Waals surface area contributed by atoms with Crippen LogP contribution in [0.15, 0.2) is 54.1 Å². The van der Waals surface area contributed by atoms with Crippen LogP contribution in [0.3, 0.4) is 0 Å². The van der Waals surface area contributed by atoms with Crippen LogP contribution in [0.2, 0.25) is 0 Å². The fourth-order valence-corrected chi connectivity index (χ4v) is 3.92. The highest BCUT2D eigenvalue weighted by Crippen LogP contribution is 2.52. The highest BCUT2D eigenvalue weighted by Gasteiger charge is 2.41. The highest BCUT2D eigenvalue weighted by molar-refractivity contribution is 5.81. The van der Waals surface area contributed by atoms with Crippen LogP contribution >= 0.6 is 0 Å². The lowest BCUT2D eigenvalue weighted by molar-refractivity contribution is -0.114. The summed E-state index contributed by atoms with van der Waals surface area (Å²) in [5.41, 5.74) is 6.70. The Labute approximate surface area is 167 Å². The first-order chi connectivity index (χ1) is 12.9. The van der Waals surface area contributed by atoms with E-state index in [2.05, 4.69) is 56.8 Å². The van der Waals surface area contributed by atoms with Gasteiger partial charge in [0.25, 0.3) is 0 Å². The first-order valence-electron chi connectivity index (χ1n) is 10.5. The summed E-state index contributed by atoms with van der Waals surface area (Å²) < 4.78 is 0. The maximum atomic E-state index is 9.44. The van der Waals surface area contributed by atoms with Gasteiger partial charge in [-0.2, -0.15) is 0 Å². The third-order valence-corrected chi connectivity index (χ3v) is 5.42. The molecule has 148 valence electrons. The summed E-state index contributed by atoms with van der Waals surface area (Å²) >= 11 is 0. The topological polar surface area (TPSA) is 17.1 Å². The van der Waals surface area contributed by atoms with Crippen molar-refractivity contribution in [1.82, 2.24) is 0 Å². The fourth-order valence-electron chi connectivity index (χ4n) is 3.92. The Kier molecular flexibility index (Phi) is 8.28. The molecule has 2 atom stereocenters. The lowest BCUT2D eigenvalue weighted by Crippen LogP contribution is -1.99. The molecule has 1 aromatic rings. The second kappa shape index (κ2) is 10.4. The van der Waals surface area contributed by atoms with E-state index in [9.17, 15) is 4.79 Å². The molecular formula is C26H38O. The molecule has 0 bridgehead atoms. The first-order valence-corrected chi connectivity index (χ1v) is 10.5. The van der Waals surface area contributed by atoms with E-state index < -0.39 is 0 Å². The molecule has 0 amide bonds. The van der Waals surface area contributed by atoms with E-state index in [0.717, 1.165) is 11.8 Å². The van der Waals surface area contributed by atoms with Crippen LogP contribution in [-0.2, 0) is 4.79 Å². The van der Waals surface area contributed by atoms with Gasteiger partial charge in [0.05, 0.1) is 0 Å². The lowest BCUT2D eigenvalue weighted by atomic mass is 9.88. The van der Waals surface area contributed by atoms with Gasteiger partial charge in [-0.3, -0.25) is 0 Å². The molecule has 1 aromatic carbocycles. The van der Waals surface area contributed by atoms with Gasteiger partial charge in [-0.05, 0) is 68.2 Å². The van der Waals surface area contributed by atoms with Crippen molar-refractivity contribution >= 4 is 11.4 Å². The zero-order valence-electron chi connectivity index (χ0n) is 17.7. The SMILES string of the molecule is C1CCCCC1.C=C(C1=C(C)C=CC2CC12)c1cccc(C)c1.CC(C)=O.[HH]. The zero-order chi connectivity index (χ0) is 19.8. The van der Waals surface area contributed by atoms with Gasteiger partial charge < -0.3 is 4.79 Å². The van der Waals surface area contributed by atoms with Crippen LogP contribution in [0.1, 0.15) is 78.3 Å². The van der Waals surface area contributed by atoms with Gasteiger partial charge in [0.1, 0.15) is 5.78 Å². The Morgan fingerprint density at radius 2 is 1.59 bits per heavy atom. The molecule has 0 N–H and O–H groups in total. The number of hydrogen-bond donors (Lipinski definition) is 0. The molecule has 3 aliphatic carbocycles. The van der Waals surface area contributed by atoms with Gasteiger partial charge in [0, 0.05) is 1.43 Å². The number of ketones is 1. The maximum Gasteiger partial charge on any atom is 0.126 e. The van der Waals surface area contributed by atoms with Crippen LogP contribution in [0.25, 0.3) is 5.57 Å². The Morgan fingerprint density at radius 1 is 1.04 bits per heavy atom. The summed E-state index contributed by atoms with van der Waals surface area (Å²) in [6.45, 7) is 11.7. The van der Waals surface area contributed by atoms with Crippen molar-refractivity contribution in [3.63, 3.8) is 0 Å². The molecule has 2 unspecified atom stereocenters. The Morgan fingerprint density at radius 3 is 2.11 bits per heavy atom. The summed E-state index contributed by atoms with van der Waals surface area (Å²) in [5, 5.41) is 0. The van der Waals surface area contributed by atoms with Crippen molar-refractivity contribution < 1.29 is 6.22 Å². The van der Waals surface area contributed by atoms with Gasteiger partial charge in [-0.1, -0.05) is 87.1 Å². The number of benzene rings is 1. The van der Waals surface area contributed by atoms with E-state index in [1.165, 1.54) is 86.6 Å². The molecule has 2 fully saturated rings. The van der Waals surface area contributed by atoms with E-state index in [0.29, 0.717) is 0 Å². The summed E-state index contributed by atoms with van der Waals surface area (Å²) in [7, 11) is 0. The normalized spacial score (nSPS) is 22.5. The summed E-state index contributed by atoms with van der Waals surface area (Å²) in [4.78, 5) is 9.44. The predicted molar refractivity (Wildman–Crippen MR) is 120 cm³/mol. The lowest BCUT2D eigenvalue weighted by Gasteiger charge is -2.16. The van der Waals surface area contributed by atoms with Crippen LogP contribution in [0, 0.1) is 18.8 Å². The number of carbonyl (C=O) groups excluding carboxylic acids is 1. The van der Waals surface area contributed by atoms with Crippen molar-refractivity contribution in [1.29, 1.82) is 0 Å². The molecule has 0 aliphatic heterocycles. The highest BCUT2D eigenvalue weighted by atomic mass is 16.1. The van der Waals surface area contributed by atoms with Crippen LogP contribution < -0.4 is 0 Å². The average molecular weight is 367 g/mol. The van der Waals surface area contributed by atoms with Gasteiger partial charge in [0.2, 0.25) is 0 Å². The number of carbonyl (C=O) groups is 1. The summed E-state index contributed by atoms with van der Waals surface area (Å²) in [6, 6.07) is 8.66. The molecule has 1 heteroatoms. The molecule has 27 heavy (non-hydrogen) atoms. The Balaban J connectivity index is 0.000000297. The number of fused-ring (bicyclic) bond motifs is 1. The minimum Gasteiger partial charge on any atom is -0.300 e. The number of aryl methyl sites for hydroxylation is 1. The Hall–Kier alpha value is -1.89. The molecule has 1 nitrogen and oxygen atoms in total. The molecule has 0 radical (unpaired) electrons. The van der Waals surface area contributed by atoms with E-state index in [1.54, 1.807) is 0 Å². The first kappa shape index (κ1) is 21.4. The molecule has 0 spiro atoms. The average Bonchev–Trinajstić information content (AvgIpc) is 3.42. The number of allylic oxidation sites excluding steroid dienone is 5. The third-order valence-electron chi connectivity index (χ3n) is 5.42. The van der Waals surface area contributed by atoms with Gasteiger partial charge in [-0.25, -0.2) is 0 Å². The summed E-state index contributed by atoms with van der Waals surface area (Å²) in [6.07, 6.45) is 14.9. The molecule has 3 aliphatic rings. The van der Waals surface area contributed by atoms with E-state index >= 15 is 0 Å². The molecule has 0 saturated heterocycles. The fraction of sp³-hybridized carbons (Fsp3) is 0.500. The zero-order valence-corrected chi connectivity index (χ0v) is 17.7. The quantitative estimate of drug-likeness (QED) is 0.523.